The molecule has 0 saturated heterocycles. The number of aliphatic hydroxyl groups is 1. The van der Waals surface area contributed by atoms with Gasteiger partial charge in [-0.15, -0.1) is 11.8 Å². The maximum atomic E-state index is 10.8. The number of nitrogens with zero attached hydrogens (tertiary/aromatic N) is 2. The Morgan fingerprint density at radius 2 is 1.50 bits per heavy atom. The number of fused-ring (bicyclic) bond motifs is 4. The Morgan fingerprint density at radius 1 is 0.821 bits per heavy atom. The van der Waals surface area contributed by atoms with Gasteiger partial charge in [-0.05, 0) is 24.3 Å². The van der Waals surface area contributed by atoms with Gasteiger partial charge in [0.05, 0.1) is 11.6 Å². The van der Waals surface area contributed by atoms with E-state index >= 15 is 0 Å². The molecule has 3 aromatic carbocycles. The molecule has 0 amide bonds. The van der Waals surface area contributed by atoms with Crippen molar-refractivity contribution >= 4 is 44.5 Å². The van der Waals surface area contributed by atoms with E-state index in [1.165, 1.54) is 21.8 Å². The summed E-state index contributed by atoms with van der Waals surface area (Å²) in [6, 6.07) is 27.0. The van der Waals surface area contributed by atoms with Crippen molar-refractivity contribution < 1.29 is 5.11 Å². The zero-order valence-electron chi connectivity index (χ0n) is 15.3. The highest BCUT2D eigenvalue weighted by Gasteiger charge is 2.14. The Morgan fingerprint density at radius 3 is 2.25 bits per heavy atom. The number of hydrogen-bond acceptors (Lipinski definition) is 3. The Labute approximate surface area is 167 Å². The molecule has 4 heteroatoms. The number of benzene rings is 3. The molecule has 138 valence electrons. The molecular formula is C24H20N2OS. The van der Waals surface area contributed by atoms with Crippen LogP contribution in [0.3, 0.4) is 0 Å². The van der Waals surface area contributed by atoms with Gasteiger partial charge in [-0.2, -0.15) is 0 Å². The fourth-order valence-electron chi connectivity index (χ4n) is 3.84. The first-order valence-corrected chi connectivity index (χ1v) is 10.4. The maximum absolute atomic E-state index is 10.8. The Balaban J connectivity index is 1.42. The lowest BCUT2D eigenvalue weighted by molar-refractivity contribution is 0.181. The molecule has 3 nitrogen and oxygen atoms in total. The van der Waals surface area contributed by atoms with Crippen LogP contribution in [0.2, 0.25) is 0 Å². The lowest BCUT2D eigenvalue weighted by Gasteiger charge is -2.14. The predicted molar refractivity (Wildman–Crippen MR) is 118 cm³/mol. The summed E-state index contributed by atoms with van der Waals surface area (Å²) in [6.45, 7) is 0.569. The van der Waals surface area contributed by atoms with Gasteiger partial charge in [0.25, 0.3) is 0 Å². The number of aromatic nitrogens is 2. The van der Waals surface area contributed by atoms with E-state index in [4.69, 9.17) is 0 Å². The molecule has 28 heavy (non-hydrogen) atoms. The molecule has 0 radical (unpaired) electrons. The van der Waals surface area contributed by atoms with E-state index < -0.39 is 6.10 Å². The fraction of sp³-hybridized carbons (Fsp3) is 0.125. The van der Waals surface area contributed by atoms with E-state index in [0.717, 1.165) is 15.8 Å². The highest BCUT2D eigenvalue weighted by Crippen LogP contribution is 2.30. The minimum absolute atomic E-state index is 0.455. The smallest absolute Gasteiger partial charge is 0.0837 e. The molecule has 0 fully saturated rings. The van der Waals surface area contributed by atoms with Crippen molar-refractivity contribution in [2.45, 2.75) is 17.5 Å². The van der Waals surface area contributed by atoms with Crippen LogP contribution in [0.1, 0.15) is 0 Å². The molecular weight excluding hydrogens is 364 g/mol. The van der Waals surface area contributed by atoms with E-state index in [9.17, 15) is 5.11 Å². The van der Waals surface area contributed by atoms with Gasteiger partial charge in [0.15, 0.2) is 0 Å². The van der Waals surface area contributed by atoms with Crippen LogP contribution < -0.4 is 0 Å². The van der Waals surface area contributed by atoms with Gasteiger partial charge < -0.3 is 9.67 Å². The van der Waals surface area contributed by atoms with Crippen LogP contribution in [0.25, 0.3) is 32.7 Å². The van der Waals surface area contributed by atoms with Gasteiger partial charge in [0, 0.05) is 50.6 Å². The quantitative estimate of drug-likeness (QED) is 0.407. The first-order valence-electron chi connectivity index (χ1n) is 9.42. The summed E-state index contributed by atoms with van der Waals surface area (Å²) in [6.07, 6.45) is 1.36. The molecule has 0 bridgehead atoms. The highest BCUT2D eigenvalue weighted by molar-refractivity contribution is 7.99. The molecule has 5 aromatic rings. The summed E-state index contributed by atoms with van der Waals surface area (Å²) in [5.74, 6) is 0.622. The van der Waals surface area contributed by atoms with Crippen LogP contribution in [0.4, 0.5) is 0 Å². The molecule has 0 aliphatic heterocycles. The molecule has 1 N–H and O–H groups in total. The molecule has 0 saturated carbocycles. The summed E-state index contributed by atoms with van der Waals surface area (Å²) < 4.78 is 2.23. The van der Waals surface area contributed by atoms with E-state index in [1.807, 2.05) is 18.3 Å². The van der Waals surface area contributed by atoms with E-state index in [1.54, 1.807) is 11.8 Å². The van der Waals surface area contributed by atoms with Gasteiger partial charge in [-0.1, -0.05) is 54.6 Å². The molecule has 0 unspecified atom stereocenters. The second-order valence-corrected chi connectivity index (χ2v) is 8.00. The van der Waals surface area contributed by atoms with Crippen LogP contribution in [-0.2, 0) is 6.54 Å². The van der Waals surface area contributed by atoms with Gasteiger partial charge in [0.1, 0.15) is 0 Å². The lowest BCUT2D eigenvalue weighted by atomic mass is 10.2. The number of rotatable bonds is 5. The molecule has 0 aliphatic rings. The second kappa shape index (κ2) is 7.30. The Hall–Kier alpha value is -2.82. The van der Waals surface area contributed by atoms with E-state index in [0.29, 0.717) is 12.3 Å². The van der Waals surface area contributed by atoms with Crippen molar-refractivity contribution in [2.75, 3.05) is 5.75 Å². The zero-order chi connectivity index (χ0) is 18.9. The van der Waals surface area contributed by atoms with Crippen LogP contribution in [0, 0.1) is 0 Å². The van der Waals surface area contributed by atoms with Gasteiger partial charge in [-0.3, -0.25) is 4.98 Å². The third-order valence-electron chi connectivity index (χ3n) is 5.10. The third kappa shape index (κ3) is 3.05. The summed E-state index contributed by atoms with van der Waals surface area (Å²) in [5, 5.41) is 14.4. The first-order chi connectivity index (χ1) is 13.8. The number of pyridine rings is 1. The molecule has 2 aromatic heterocycles. The standard InChI is InChI=1S/C24H20N2OS/c27-18(16-28-23-13-5-7-17-8-6-14-25-24(17)23)15-26-21-11-3-1-9-19(21)20-10-2-4-12-22(20)26/h1-14,18,27H,15-16H2/t18-/m0/s1. The van der Waals surface area contributed by atoms with Crippen molar-refractivity contribution in [1.82, 2.24) is 9.55 Å². The predicted octanol–water partition coefficient (Wildman–Crippen LogP) is 5.50. The number of para-hydroxylation sites is 3. The number of hydrogen-bond donors (Lipinski definition) is 1. The van der Waals surface area contributed by atoms with Crippen LogP contribution in [0.15, 0.2) is 90.0 Å². The summed E-state index contributed by atoms with van der Waals surface area (Å²) in [4.78, 5) is 5.62. The maximum Gasteiger partial charge on any atom is 0.0837 e. The summed E-state index contributed by atoms with van der Waals surface area (Å²) >= 11 is 1.66. The highest BCUT2D eigenvalue weighted by atomic mass is 32.2. The second-order valence-electron chi connectivity index (χ2n) is 6.94. The fourth-order valence-corrected chi connectivity index (χ4v) is 4.80. The van der Waals surface area contributed by atoms with Crippen molar-refractivity contribution in [3.8, 4) is 0 Å². The summed E-state index contributed by atoms with van der Waals surface area (Å²) in [5.41, 5.74) is 3.33. The summed E-state index contributed by atoms with van der Waals surface area (Å²) in [7, 11) is 0. The van der Waals surface area contributed by atoms with Gasteiger partial charge in [0.2, 0.25) is 0 Å². The molecule has 0 spiro atoms. The SMILES string of the molecule is O[C@H](CSc1cccc2cccnc12)Cn1c2ccccc2c2ccccc21. The molecule has 2 heterocycles. The Bertz CT molecular complexity index is 1220. The minimum Gasteiger partial charge on any atom is -0.390 e. The van der Waals surface area contributed by atoms with E-state index in [-0.39, 0.29) is 0 Å². The van der Waals surface area contributed by atoms with Gasteiger partial charge in [-0.25, -0.2) is 0 Å². The molecule has 0 aliphatic carbocycles. The first kappa shape index (κ1) is 17.3. The third-order valence-corrected chi connectivity index (χ3v) is 6.29. The van der Waals surface area contributed by atoms with Crippen molar-refractivity contribution in [3.05, 3.63) is 85.1 Å². The number of aliphatic hydroxyl groups excluding tert-OH is 1. The van der Waals surface area contributed by atoms with Crippen LogP contribution in [-0.4, -0.2) is 26.5 Å². The van der Waals surface area contributed by atoms with Crippen molar-refractivity contribution in [1.29, 1.82) is 0 Å². The van der Waals surface area contributed by atoms with E-state index in [2.05, 4.69) is 76.3 Å². The van der Waals surface area contributed by atoms with Crippen molar-refractivity contribution in [3.63, 3.8) is 0 Å². The largest absolute Gasteiger partial charge is 0.390 e. The average molecular weight is 385 g/mol. The molecule has 1 atom stereocenters. The van der Waals surface area contributed by atoms with Crippen LogP contribution >= 0.6 is 11.8 Å². The molecule has 5 rings (SSSR count). The van der Waals surface area contributed by atoms with Crippen LogP contribution in [0.5, 0.6) is 0 Å². The minimum atomic E-state index is -0.455. The monoisotopic (exact) mass is 384 g/mol. The van der Waals surface area contributed by atoms with Gasteiger partial charge >= 0.3 is 0 Å². The average Bonchev–Trinajstić information content (AvgIpc) is 3.06. The zero-order valence-corrected chi connectivity index (χ0v) is 16.1. The topological polar surface area (TPSA) is 38.1 Å². The normalized spacial score (nSPS) is 12.8. The lowest BCUT2D eigenvalue weighted by Crippen LogP contribution is -2.18. The van der Waals surface area contributed by atoms with Crippen molar-refractivity contribution in [2.24, 2.45) is 0 Å². The number of thioether (sulfide) groups is 1. The Kier molecular flexibility index (Phi) is 4.51.